The van der Waals surface area contributed by atoms with Crippen LogP contribution in [0, 0.1) is 0 Å². The van der Waals surface area contributed by atoms with E-state index in [-0.39, 0.29) is 24.8 Å². The highest BCUT2D eigenvalue weighted by molar-refractivity contribution is 7.22. The zero-order valence-electron chi connectivity index (χ0n) is 13.6. The van der Waals surface area contributed by atoms with Crippen molar-refractivity contribution in [2.24, 2.45) is 0 Å². The average molecular weight is 375 g/mol. The van der Waals surface area contributed by atoms with Crippen molar-refractivity contribution >= 4 is 49.8 Å². The molecule has 3 rings (SSSR count). The number of fused-ring (bicyclic) bond motifs is 1. The van der Waals surface area contributed by atoms with E-state index in [1.165, 1.54) is 22.7 Å². The zero-order chi connectivity index (χ0) is 17.6. The van der Waals surface area contributed by atoms with Crippen LogP contribution in [0.15, 0.2) is 35.7 Å². The molecule has 0 aliphatic rings. The van der Waals surface area contributed by atoms with E-state index < -0.39 is 0 Å². The lowest BCUT2D eigenvalue weighted by atomic mass is 10.3. The lowest BCUT2D eigenvalue weighted by Crippen LogP contribution is -2.27. The molecule has 2 N–H and O–H groups in total. The predicted molar refractivity (Wildman–Crippen MR) is 101 cm³/mol. The van der Waals surface area contributed by atoms with Crippen LogP contribution in [-0.2, 0) is 4.79 Å². The summed E-state index contributed by atoms with van der Waals surface area (Å²) >= 11 is 2.76. The topological polar surface area (TPSA) is 80.3 Å². The summed E-state index contributed by atoms with van der Waals surface area (Å²) in [5.74, 6) is 0.439. The monoisotopic (exact) mass is 375 g/mol. The number of ether oxygens (including phenoxy) is 1. The van der Waals surface area contributed by atoms with Gasteiger partial charge in [0.25, 0.3) is 5.91 Å². The number of nitrogens with zero attached hydrogens (tertiary/aromatic N) is 1. The van der Waals surface area contributed by atoms with Crippen LogP contribution in [0.1, 0.15) is 23.0 Å². The summed E-state index contributed by atoms with van der Waals surface area (Å²) in [5.41, 5.74) is 0.815. The molecular weight excluding hydrogens is 358 g/mol. The van der Waals surface area contributed by atoms with Gasteiger partial charge in [-0.25, -0.2) is 4.98 Å². The minimum absolute atomic E-state index is 0.161. The van der Waals surface area contributed by atoms with Gasteiger partial charge < -0.3 is 15.4 Å². The molecule has 2 amide bonds. The summed E-state index contributed by atoms with van der Waals surface area (Å²) < 4.78 is 6.41. The van der Waals surface area contributed by atoms with E-state index in [1.54, 1.807) is 6.07 Å². The van der Waals surface area contributed by atoms with Crippen molar-refractivity contribution in [1.29, 1.82) is 0 Å². The van der Waals surface area contributed by atoms with Crippen LogP contribution in [0.25, 0.3) is 10.2 Å². The summed E-state index contributed by atoms with van der Waals surface area (Å²) in [6.45, 7) is 2.81. The number of aromatic nitrogens is 1. The van der Waals surface area contributed by atoms with Gasteiger partial charge in [-0.1, -0.05) is 17.4 Å². The van der Waals surface area contributed by atoms with E-state index >= 15 is 0 Å². The standard InChI is InChI=1S/C17H17N3O3S2/c1-2-23-11-5-6-12-14(10-11)25-17(19-12)20-15(21)7-8-18-16(22)13-4-3-9-24-13/h3-6,9-10H,2,7-8H2,1H3,(H,18,22)(H,19,20,21). The SMILES string of the molecule is CCOc1ccc2nc(NC(=O)CCNC(=O)c3cccs3)sc2c1. The second kappa shape index (κ2) is 8.09. The van der Waals surface area contributed by atoms with Crippen molar-refractivity contribution in [2.45, 2.75) is 13.3 Å². The molecule has 6 nitrogen and oxygen atoms in total. The highest BCUT2D eigenvalue weighted by Crippen LogP contribution is 2.29. The predicted octanol–water partition coefficient (Wildman–Crippen LogP) is 3.52. The quantitative estimate of drug-likeness (QED) is 0.662. The maximum absolute atomic E-state index is 12.0. The van der Waals surface area contributed by atoms with E-state index in [0.717, 1.165) is 16.0 Å². The molecule has 0 bridgehead atoms. The number of nitrogens with one attached hydrogen (secondary N) is 2. The van der Waals surface area contributed by atoms with Gasteiger partial charge in [0.05, 0.1) is 21.7 Å². The Labute approximate surface area is 152 Å². The zero-order valence-corrected chi connectivity index (χ0v) is 15.2. The molecule has 2 aromatic heterocycles. The van der Waals surface area contributed by atoms with Crippen LogP contribution in [-0.4, -0.2) is 29.9 Å². The number of rotatable bonds is 7. The molecule has 0 aliphatic carbocycles. The van der Waals surface area contributed by atoms with Crippen LogP contribution in [0.3, 0.4) is 0 Å². The minimum atomic E-state index is -0.185. The first-order valence-corrected chi connectivity index (χ1v) is 9.50. The number of amides is 2. The lowest BCUT2D eigenvalue weighted by Gasteiger charge is -2.03. The highest BCUT2D eigenvalue weighted by atomic mass is 32.1. The molecule has 0 saturated heterocycles. The minimum Gasteiger partial charge on any atom is -0.494 e. The Morgan fingerprint density at radius 3 is 2.92 bits per heavy atom. The lowest BCUT2D eigenvalue weighted by molar-refractivity contribution is -0.116. The van der Waals surface area contributed by atoms with E-state index in [9.17, 15) is 9.59 Å². The van der Waals surface area contributed by atoms with Gasteiger partial charge in [0.1, 0.15) is 5.75 Å². The van der Waals surface area contributed by atoms with Gasteiger partial charge in [0.15, 0.2) is 5.13 Å². The Balaban J connectivity index is 1.52. The van der Waals surface area contributed by atoms with Crippen LogP contribution in [0.4, 0.5) is 5.13 Å². The molecule has 2 heterocycles. The van der Waals surface area contributed by atoms with Crippen molar-refractivity contribution in [3.63, 3.8) is 0 Å². The van der Waals surface area contributed by atoms with Crippen molar-refractivity contribution < 1.29 is 14.3 Å². The van der Waals surface area contributed by atoms with E-state index in [4.69, 9.17) is 4.74 Å². The van der Waals surface area contributed by atoms with Crippen molar-refractivity contribution in [3.8, 4) is 5.75 Å². The molecular formula is C17H17N3O3S2. The van der Waals surface area contributed by atoms with Crippen LogP contribution in [0.5, 0.6) is 5.75 Å². The van der Waals surface area contributed by atoms with E-state index in [0.29, 0.717) is 16.6 Å². The van der Waals surface area contributed by atoms with Crippen molar-refractivity contribution in [2.75, 3.05) is 18.5 Å². The fourth-order valence-corrected chi connectivity index (χ4v) is 3.73. The Bertz CT molecular complexity index is 875. The first-order chi connectivity index (χ1) is 12.2. The normalized spacial score (nSPS) is 10.6. The van der Waals surface area contributed by atoms with Gasteiger partial charge in [-0.15, -0.1) is 11.3 Å². The molecule has 0 radical (unpaired) electrons. The molecule has 8 heteroatoms. The number of thiophene rings is 1. The number of hydrogen-bond donors (Lipinski definition) is 2. The fraction of sp³-hybridized carbons (Fsp3) is 0.235. The second-order valence-electron chi connectivity index (χ2n) is 5.11. The van der Waals surface area contributed by atoms with E-state index in [1.807, 2.05) is 36.6 Å². The molecule has 0 unspecified atom stereocenters. The second-order valence-corrected chi connectivity index (χ2v) is 7.09. The maximum Gasteiger partial charge on any atom is 0.261 e. The third-order valence-corrected chi connectivity index (χ3v) is 5.10. The molecule has 0 aliphatic heterocycles. The van der Waals surface area contributed by atoms with Crippen LogP contribution < -0.4 is 15.4 Å². The van der Waals surface area contributed by atoms with Gasteiger partial charge in [-0.3, -0.25) is 9.59 Å². The Kier molecular flexibility index (Phi) is 5.62. The number of benzene rings is 1. The summed E-state index contributed by atoms with van der Waals surface area (Å²) in [6.07, 6.45) is 0.192. The largest absolute Gasteiger partial charge is 0.494 e. The van der Waals surface area contributed by atoms with Gasteiger partial charge in [-0.05, 0) is 36.6 Å². The van der Waals surface area contributed by atoms with Gasteiger partial charge in [-0.2, -0.15) is 0 Å². The Morgan fingerprint density at radius 2 is 2.16 bits per heavy atom. The third-order valence-electron chi connectivity index (χ3n) is 3.30. The fourth-order valence-electron chi connectivity index (χ4n) is 2.18. The molecule has 0 saturated carbocycles. The average Bonchev–Trinajstić information content (AvgIpc) is 3.23. The summed E-state index contributed by atoms with van der Waals surface area (Å²) in [7, 11) is 0. The number of anilines is 1. The van der Waals surface area contributed by atoms with Crippen LogP contribution in [0.2, 0.25) is 0 Å². The summed E-state index contributed by atoms with van der Waals surface area (Å²) in [4.78, 5) is 28.8. The Morgan fingerprint density at radius 1 is 1.28 bits per heavy atom. The summed E-state index contributed by atoms with van der Waals surface area (Å²) in [5, 5.41) is 7.88. The molecule has 130 valence electrons. The number of hydrogen-bond acceptors (Lipinski definition) is 6. The molecule has 3 aromatic rings. The smallest absolute Gasteiger partial charge is 0.261 e. The van der Waals surface area contributed by atoms with Crippen molar-refractivity contribution in [1.82, 2.24) is 10.3 Å². The number of carbonyl (C=O) groups excluding carboxylic acids is 2. The first kappa shape index (κ1) is 17.4. The van der Waals surface area contributed by atoms with Gasteiger partial charge in [0, 0.05) is 13.0 Å². The Hall–Kier alpha value is -2.45. The number of thiazole rings is 1. The number of carbonyl (C=O) groups is 2. The molecule has 25 heavy (non-hydrogen) atoms. The molecule has 0 fully saturated rings. The maximum atomic E-state index is 12.0. The molecule has 0 spiro atoms. The summed E-state index contributed by atoms with van der Waals surface area (Å²) in [6, 6.07) is 9.20. The van der Waals surface area contributed by atoms with Crippen molar-refractivity contribution in [3.05, 3.63) is 40.6 Å². The molecule has 0 atom stereocenters. The first-order valence-electron chi connectivity index (χ1n) is 7.80. The van der Waals surface area contributed by atoms with E-state index in [2.05, 4.69) is 15.6 Å². The third kappa shape index (κ3) is 4.55. The van der Waals surface area contributed by atoms with Gasteiger partial charge >= 0.3 is 0 Å². The highest BCUT2D eigenvalue weighted by Gasteiger charge is 2.10. The van der Waals surface area contributed by atoms with Gasteiger partial charge in [0.2, 0.25) is 5.91 Å². The molecule has 1 aromatic carbocycles. The van der Waals surface area contributed by atoms with Crippen LogP contribution >= 0.6 is 22.7 Å².